The number of ether oxygens (including phenoxy) is 1. The van der Waals surface area contributed by atoms with Crippen molar-refractivity contribution < 1.29 is 25.5 Å². The number of hydroxylamine groups is 2. The molecule has 0 saturated carbocycles. The van der Waals surface area contributed by atoms with Gasteiger partial charge in [-0.1, -0.05) is 42.5 Å². The molecule has 1 aliphatic rings. The number of benzene rings is 2. The van der Waals surface area contributed by atoms with Gasteiger partial charge in [0.25, 0.3) is 0 Å². The minimum absolute atomic E-state index is 0.0314. The van der Waals surface area contributed by atoms with Crippen molar-refractivity contribution in [1.82, 2.24) is 9.96 Å². The Morgan fingerprint density at radius 1 is 1.03 bits per heavy atom. The van der Waals surface area contributed by atoms with Gasteiger partial charge in [-0.2, -0.15) is 5.06 Å². The van der Waals surface area contributed by atoms with Crippen LogP contribution < -0.4 is 4.74 Å². The topological polar surface area (TPSA) is 29.3 Å². The van der Waals surface area contributed by atoms with Gasteiger partial charge in [0.2, 0.25) is 12.3 Å². The zero-order chi connectivity index (χ0) is 25.1. The third-order valence-corrected chi connectivity index (χ3v) is 4.43. The quantitative estimate of drug-likeness (QED) is 0.278. The molecule has 5 nitrogen and oxygen atoms in total. The van der Waals surface area contributed by atoms with E-state index in [4.69, 9.17) is 35.2 Å². The molecule has 2 aromatic rings. The van der Waals surface area contributed by atoms with E-state index in [2.05, 4.69) is 61.5 Å². The first-order valence-corrected chi connectivity index (χ1v) is 14.3. The molecule has 1 heterocycles. The number of nitrogens with zero attached hydrogens (tertiary/aromatic N) is 3. The molecule has 184 valence electrons. The molecule has 1 atom stereocenters. The monoisotopic (exact) mass is 583 g/mol. The van der Waals surface area contributed by atoms with Crippen LogP contribution in [-0.2, 0) is 27.3 Å². The summed E-state index contributed by atoms with van der Waals surface area (Å²) in [5.41, 5.74) is 2.08. The van der Waals surface area contributed by atoms with E-state index >= 15 is 0 Å². The molecule has 3 rings (SSSR count). The SMILES string of the molecule is COc1ccc(C2N(Cc3ccccc3)O[C]N2C(C)(C)C)cc1.[C-]#[N+]C(C)(C)C.[Cl][Pd][Cl]. The molecule has 1 aliphatic heterocycles. The Kier molecular flexibility index (Phi) is 12.9. The van der Waals surface area contributed by atoms with Gasteiger partial charge in [0.15, 0.2) is 0 Å². The van der Waals surface area contributed by atoms with Crippen LogP contribution in [0.5, 0.6) is 5.75 Å². The number of halogens is 2. The van der Waals surface area contributed by atoms with Crippen LogP contribution in [0.15, 0.2) is 54.6 Å². The van der Waals surface area contributed by atoms with Gasteiger partial charge in [-0.3, -0.25) is 4.84 Å². The van der Waals surface area contributed by atoms with Crippen LogP contribution in [0.1, 0.15) is 58.8 Å². The van der Waals surface area contributed by atoms with Crippen LogP contribution in [0.25, 0.3) is 4.85 Å². The van der Waals surface area contributed by atoms with Gasteiger partial charge in [0, 0.05) is 26.3 Å². The first-order valence-electron chi connectivity index (χ1n) is 10.3. The van der Waals surface area contributed by atoms with Crippen LogP contribution in [0.3, 0.4) is 0 Å². The molecule has 0 N–H and O–H groups in total. The molecule has 2 radical (unpaired) electrons. The molecule has 0 aromatic heterocycles. The van der Waals surface area contributed by atoms with Crippen LogP contribution in [0.2, 0.25) is 0 Å². The Balaban J connectivity index is 0.000000518. The Morgan fingerprint density at radius 3 is 1.97 bits per heavy atom. The number of hydrogen-bond donors (Lipinski definition) is 0. The van der Waals surface area contributed by atoms with Crippen molar-refractivity contribution in [3.8, 4) is 5.75 Å². The van der Waals surface area contributed by atoms with Crippen molar-refractivity contribution in [3.05, 3.63) is 83.9 Å². The number of rotatable bonds is 4. The minimum atomic E-state index is -0.167. The van der Waals surface area contributed by atoms with Gasteiger partial charge in [-0.15, -0.1) is 0 Å². The zero-order valence-corrected chi connectivity index (χ0v) is 23.3. The first-order chi connectivity index (χ1) is 15.5. The summed E-state index contributed by atoms with van der Waals surface area (Å²) >= 11 is -0.106. The molecule has 1 fully saturated rings. The van der Waals surface area contributed by atoms with Crippen LogP contribution in [-0.4, -0.2) is 28.2 Å². The molecular weight excluding hydrogens is 552 g/mol. The van der Waals surface area contributed by atoms with Crippen molar-refractivity contribution in [2.24, 2.45) is 0 Å². The van der Waals surface area contributed by atoms with Gasteiger partial charge in [-0.05, 0) is 44.0 Å². The normalized spacial score (nSPS) is 16.8. The van der Waals surface area contributed by atoms with E-state index in [0.717, 1.165) is 11.3 Å². The van der Waals surface area contributed by atoms with Crippen LogP contribution in [0.4, 0.5) is 0 Å². The summed E-state index contributed by atoms with van der Waals surface area (Å²) in [6.45, 7) is 22.4. The van der Waals surface area contributed by atoms with E-state index in [-0.39, 0.29) is 33.2 Å². The third kappa shape index (κ3) is 10.8. The van der Waals surface area contributed by atoms with E-state index in [1.165, 1.54) is 5.56 Å². The Bertz CT molecular complexity index is 847. The van der Waals surface area contributed by atoms with E-state index in [0.29, 0.717) is 6.54 Å². The molecule has 0 amide bonds. The maximum atomic E-state index is 6.48. The Hall–Kier alpha value is -1.15. The molecule has 0 spiro atoms. The fraction of sp³-hybridized carbons (Fsp3) is 0.440. The van der Waals surface area contributed by atoms with Gasteiger partial charge in [0.1, 0.15) is 11.9 Å². The molecular formula is C25H33Cl2N3O2Pd. The van der Waals surface area contributed by atoms with E-state index < -0.39 is 0 Å². The van der Waals surface area contributed by atoms with Gasteiger partial charge >= 0.3 is 35.0 Å². The zero-order valence-electron chi connectivity index (χ0n) is 20.2. The Morgan fingerprint density at radius 2 is 1.55 bits per heavy atom. The summed E-state index contributed by atoms with van der Waals surface area (Å²) in [4.78, 5) is 11.2. The van der Waals surface area contributed by atoms with E-state index in [1.54, 1.807) is 7.11 Å². The van der Waals surface area contributed by atoms with Gasteiger partial charge in [0.05, 0.1) is 13.7 Å². The second kappa shape index (κ2) is 14.3. The van der Waals surface area contributed by atoms with Crippen molar-refractivity contribution in [2.75, 3.05) is 7.11 Å². The predicted octanol–water partition coefficient (Wildman–Crippen LogP) is 7.32. The first kappa shape index (κ1) is 29.9. The second-order valence-electron chi connectivity index (χ2n) is 9.26. The second-order valence-corrected chi connectivity index (χ2v) is 11.6. The van der Waals surface area contributed by atoms with Gasteiger partial charge in [-0.25, -0.2) is 11.5 Å². The summed E-state index contributed by atoms with van der Waals surface area (Å²) in [7, 11) is 11.3. The molecule has 8 heteroatoms. The molecule has 1 unspecified atom stereocenters. The predicted molar refractivity (Wildman–Crippen MR) is 132 cm³/mol. The van der Waals surface area contributed by atoms with Gasteiger partial charge < -0.3 is 9.58 Å². The average molecular weight is 585 g/mol. The summed E-state index contributed by atoms with van der Waals surface area (Å²) in [5.74, 6) is 0.850. The maximum absolute atomic E-state index is 6.48. The molecule has 0 aliphatic carbocycles. The summed E-state index contributed by atoms with van der Waals surface area (Å²) in [6.07, 6.45) is -0.0314. The van der Waals surface area contributed by atoms with Crippen LogP contribution >= 0.6 is 19.1 Å². The third-order valence-electron chi connectivity index (χ3n) is 4.43. The fourth-order valence-electron chi connectivity index (χ4n) is 2.80. The molecule has 0 bridgehead atoms. The summed E-state index contributed by atoms with van der Waals surface area (Å²) in [6, 6.07) is 18.4. The van der Waals surface area contributed by atoms with E-state index in [1.807, 2.05) is 56.2 Å². The summed E-state index contributed by atoms with van der Waals surface area (Å²) in [5, 5.41) is 1.96. The van der Waals surface area contributed by atoms with Crippen molar-refractivity contribution in [3.63, 3.8) is 0 Å². The standard InChI is InChI=1S/C20H24N2O2.C5H9N.2ClH.Pd/c1-20(2,3)21-15-24-22(14-16-8-6-5-7-9-16)19(21)17-10-12-18(23-4)13-11-17;1-5(2,3)6-4;;;/h5-13,19H,14H2,1-4H3;1-3H3;2*1H;/q;;;;+2/p-2. The molecule has 2 aromatic carbocycles. The van der Waals surface area contributed by atoms with Crippen molar-refractivity contribution >= 4 is 19.1 Å². The number of methoxy groups -OCH3 is 1. The molecule has 33 heavy (non-hydrogen) atoms. The van der Waals surface area contributed by atoms with Crippen molar-refractivity contribution in [2.45, 2.75) is 65.3 Å². The van der Waals surface area contributed by atoms with E-state index in [9.17, 15) is 0 Å². The summed E-state index contributed by atoms with van der Waals surface area (Å²) < 4.78 is 5.27. The fourth-order valence-corrected chi connectivity index (χ4v) is 2.80. The Labute approximate surface area is 215 Å². The average Bonchev–Trinajstić information content (AvgIpc) is 3.19. The molecule has 1 saturated heterocycles. The number of hydrogen-bond acceptors (Lipinski definition) is 4. The van der Waals surface area contributed by atoms with Crippen LogP contribution in [0, 0.1) is 13.3 Å². The van der Waals surface area contributed by atoms with Crippen molar-refractivity contribution in [1.29, 1.82) is 0 Å².